The first-order valence-electron chi connectivity index (χ1n) is 8.59. The third-order valence-electron chi connectivity index (χ3n) is 4.47. The molecule has 0 saturated carbocycles. The molecule has 11 heteroatoms. The van der Waals surface area contributed by atoms with E-state index in [1.165, 1.54) is 11.3 Å². The average Bonchev–Trinajstić information content (AvgIpc) is 3.38. The van der Waals surface area contributed by atoms with Crippen LogP contribution >= 0.6 is 34.3 Å². The van der Waals surface area contributed by atoms with Gasteiger partial charge in [0.25, 0.3) is 5.91 Å². The third-order valence-corrected chi connectivity index (χ3v) is 6.63. The lowest BCUT2D eigenvalue weighted by molar-refractivity contribution is -0.137. The fourth-order valence-corrected chi connectivity index (χ4v) is 4.88. The second-order valence-corrected chi connectivity index (χ2v) is 8.53. The Labute approximate surface area is 177 Å². The highest BCUT2D eigenvalue weighted by atomic mass is 35.5. The normalized spacial score (nSPS) is 15.0. The first-order valence-corrected chi connectivity index (χ1v) is 10.7. The maximum Gasteiger partial charge on any atom is 0.417 e. The first kappa shape index (κ1) is 20.1. The van der Waals surface area contributed by atoms with Crippen LogP contribution in [0, 0.1) is 0 Å². The van der Waals surface area contributed by atoms with Crippen molar-refractivity contribution in [3.05, 3.63) is 51.4 Å². The van der Waals surface area contributed by atoms with Crippen molar-refractivity contribution in [1.82, 2.24) is 14.9 Å². The number of rotatable bonds is 3. The van der Waals surface area contributed by atoms with Gasteiger partial charge in [-0.05, 0) is 17.5 Å². The van der Waals surface area contributed by atoms with Crippen LogP contribution < -0.4 is 4.90 Å². The second-order valence-electron chi connectivity index (χ2n) is 6.32. The molecule has 4 heterocycles. The van der Waals surface area contributed by atoms with Gasteiger partial charge in [0.15, 0.2) is 0 Å². The Hall–Kier alpha value is -2.17. The fraction of sp³-hybridized carbons (Fsp3) is 0.278. The topological polar surface area (TPSA) is 49.3 Å². The summed E-state index contributed by atoms with van der Waals surface area (Å²) in [5, 5.41) is 4.46. The van der Waals surface area contributed by atoms with Crippen molar-refractivity contribution >= 4 is 46.0 Å². The van der Waals surface area contributed by atoms with Gasteiger partial charge in [0.05, 0.1) is 15.5 Å². The molecule has 3 aromatic rings. The molecule has 0 unspecified atom stereocenters. The Morgan fingerprint density at radius 3 is 2.55 bits per heavy atom. The maximum absolute atomic E-state index is 12.8. The summed E-state index contributed by atoms with van der Waals surface area (Å²) in [4.78, 5) is 25.5. The lowest BCUT2D eigenvalue weighted by Gasteiger charge is -2.35. The molecule has 5 nitrogen and oxygen atoms in total. The van der Waals surface area contributed by atoms with Gasteiger partial charge < -0.3 is 9.80 Å². The van der Waals surface area contributed by atoms with Crippen LogP contribution in [-0.4, -0.2) is 47.0 Å². The van der Waals surface area contributed by atoms with Crippen molar-refractivity contribution in [1.29, 1.82) is 0 Å². The van der Waals surface area contributed by atoms with Gasteiger partial charge in [-0.15, -0.1) is 22.7 Å². The minimum absolute atomic E-state index is 0.0558. The van der Waals surface area contributed by atoms with Crippen LogP contribution in [0.25, 0.3) is 9.88 Å². The minimum atomic E-state index is -4.49. The summed E-state index contributed by atoms with van der Waals surface area (Å²) in [7, 11) is 0. The SMILES string of the molecule is O=C(c1csc(-c2cccs2)n1)N1CCN(c2ncc(C(F)(F)F)cc2Cl)CC1. The van der Waals surface area contributed by atoms with Crippen molar-refractivity contribution in [2.45, 2.75) is 6.18 Å². The summed E-state index contributed by atoms with van der Waals surface area (Å²) in [5.41, 5.74) is -0.484. The second kappa shape index (κ2) is 7.92. The van der Waals surface area contributed by atoms with Crippen LogP contribution in [-0.2, 0) is 6.18 Å². The van der Waals surface area contributed by atoms with Gasteiger partial charge in [-0.25, -0.2) is 9.97 Å². The minimum Gasteiger partial charge on any atom is -0.352 e. The number of hydrogen-bond acceptors (Lipinski definition) is 6. The van der Waals surface area contributed by atoms with Crippen molar-refractivity contribution in [3.8, 4) is 9.88 Å². The Balaban J connectivity index is 1.41. The number of pyridine rings is 1. The Kier molecular flexibility index (Phi) is 5.50. The molecule has 0 atom stereocenters. The van der Waals surface area contributed by atoms with Gasteiger partial charge in [-0.1, -0.05) is 17.7 Å². The number of nitrogens with zero attached hydrogens (tertiary/aromatic N) is 4. The highest BCUT2D eigenvalue weighted by Crippen LogP contribution is 2.34. The highest BCUT2D eigenvalue weighted by molar-refractivity contribution is 7.20. The number of piperazine rings is 1. The first-order chi connectivity index (χ1) is 13.8. The molecule has 0 radical (unpaired) electrons. The van der Waals surface area contributed by atoms with E-state index in [1.54, 1.807) is 26.5 Å². The molecule has 3 aromatic heterocycles. The number of anilines is 1. The summed E-state index contributed by atoms with van der Waals surface area (Å²) in [6.07, 6.45) is -3.71. The number of aromatic nitrogens is 2. The molecule has 1 saturated heterocycles. The van der Waals surface area contributed by atoms with E-state index in [-0.39, 0.29) is 10.9 Å². The number of thiazole rings is 1. The van der Waals surface area contributed by atoms with E-state index in [0.29, 0.717) is 37.7 Å². The fourth-order valence-electron chi connectivity index (χ4n) is 2.99. The molecule has 1 amide bonds. The van der Waals surface area contributed by atoms with Crippen LogP contribution in [0.5, 0.6) is 0 Å². The van der Waals surface area contributed by atoms with Crippen LogP contribution in [0.2, 0.25) is 5.02 Å². The molecule has 0 bridgehead atoms. The molecular formula is C18H14ClF3N4OS2. The zero-order valence-electron chi connectivity index (χ0n) is 14.8. The number of amides is 1. The van der Waals surface area contributed by atoms with Gasteiger partial charge in [0.2, 0.25) is 0 Å². The summed E-state index contributed by atoms with van der Waals surface area (Å²) in [5.74, 6) is 0.135. The molecule has 0 aromatic carbocycles. The number of carbonyl (C=O) groups is 1. The molecule has 1 aliphatic rings. The Morgan fingerprint density at radius 1 is 1.17 bits per heavy atom. The number of thiophene rings is 1. The molecule has 0 N–H and O–H groups in total. The van der Waals surface area contributed by atoms with Gasteiger partial charge in [-0.3, -0.25) is 4.79 Å². The summed E-state index contributed by atoms with van der Waals surface area (Å²) in [6.45, 7) is 1.66. The summed E-state index contributed by atoms with van der Waals surface area (Å²) >= 11 is 9.01. The largest absolute Gasteiger partial charge is 0.417 e. The lowest BCUT2D eigenvalue weighted by Crippen LogP contribution is -2.49. The van der Waals surface area contributed by atoms with Crippen molar-refractivity contribution in [3.63, 3.8) is 0 Å². The van der Waals surface area contributed by atoms with Crippen molar-refractivity contribution < 1.29 is 18.0 Å². The van der Waals surface area contributed by atoms with E-state index in [9.17, 15) is 18.0 Å². The van der Waals surface area contributed by atoms with E-state index in [0.717, 1.165) is 22.1 Å². The number of halogens is 4. The van der Waals surface area contributed by atoms with Crippen LogP contribution in [0.15, 0.2) is 35.2 Å². The molecule has 152 valence electrons. The monoisotopic (exact) mass is 458 g/mol. The number of carbonyl (C=O) groups excluding carboxylic acids is 1. The van der Waals surface area contributed by atoms with Crippen LogP contribution in [0.3, 0.4) is 0 Å². The van der Waals surface area contributed by atoms with E-state index in [1.807, 2.05) is 17.5 Å². The van der Waals surface area contributed by atoms with E-state index in [2.05, 4.69) is 9.97 Å². The molecule has 0 aliphatic carbocycles. The predicted molar refractivity (Wildman–Crippen MR) is 108 cm³/mol. The maximum atomic E-state index is 12.8. The Bertz CT molecular complexity index is 1010. The zero-order chi connectivity index (χ0) is 20.6. The highest BCUT2D eigenvalue weighted by Gasteiger charge is 2.32. The van der Waals surface area contributed by atoms with Gasteiger partial charge in [-0.2, -0.15) is 13.2 Å². The van der Waals surface area contributed by atoms with Crippen molar-refractivity contribution in [2.75, 3.05) is 31.1 Å². The summed E-state index contributed by atoms with van der Waals surface area (Å²) in [6, 6.07) is 4.77. The molecular weight excluding hydrogens is 445 g/mol. The Morgan fingerprint density at radius 2 is 1.93 bits per heavy atom. The smallest absolute Gasteiger partial charge is 0.352 e. The van der Waals surface area contributed by atoms with Crippen LogP contribution in [0.4, 0.5) is 19.0 Å². The number of hydrogen-bond donors (Lipinski definition) is 0. The van der Waals surface area contributed by atoms with Gasteiger partial charge in [0.1, 0.15) is 16.5 Å². The summed E-state index contributed by atoms with van der Waals surface area (Å²) < 4.78 is 38.3. The van der Waals surface area contributed by atoms with E-state index in [4.69, 9.17) is 11.6 Å². The van der Waals surface area contributed by atoms with Crippen LogP contribution in [0.1, 0.15) is 16.1 Å². The third kappa shape index (κ3) is 4.24. The number of alkyl halides is 3. The van der Waals surface area contributed by atoms with Gasteiger partial charge in [0, 0.05) is 37.8 Å². The standard InChI is InChI=1S/C18H14ClF3N4OS2/c19-12-8-11(18(20,21)22)9-23-15(12)25-3-5-26(6-4-25)17(27)13-10-29-16(24-13)14-2-1-7-28-14/h1-2,7-10H,3-6H2. The van der Waals surface area contributed by atoms with Gasteiger partial charge >= 0.3 is 6.18 Å². The van der Waals surface area contributed by atoms with E-state index >= 15 is 0 Å². The molecule has 4 rings (SSSR count). The zero-order valence-corrected chi connectivity index (χ0v) is 17.2. The molecule has 0 spiro atoms. The predicted octanol–water partition coefficient (Wildman–Crippen LogP) is 4.90. The molecule has 29 heavy (non-hydrogen) atoms. The lowest BCUT2D eigenvalue weighted by atomic mass is 10.2. The van der Waals surface area contributed by atoms with E-state index < -0.39 is 11.7 Å². The van der Waals surface area contributed by atoms with Crippen molar-refractivity contribution in [2.24, 2.45) is 0 Å². The molecule has 1 aliphatic heterocycles. The molecule has 1 fully saturated rings. The quantitative estimate of drug-likeness (QED) is 0.560. The average molecular weight is 459 g/mol.